The summed E-state index contributed by atoms with van der Waals surface area (Å²) in [6, 6.07) is 8.62. The summed E-state index contributed by atoms with van der Waals surface area (Å²) in [5, 5.41) is 3.18. The van der Waals surface area contributed by atoms with Crippen LogP contribution in [0.2, 0.25) is 0 Å². The number of fused-ring (bicyclic) bond motifs is 1. The quantitative estimate of drug-likeness (QED) is 0.392. The van der Waals surface area contributed by atoms with Crippen molar-refractivity contribution in [1.29, 1.82) is 0 Å². The summed E-state index contributed by atoms with van der Waals surface area (Å²) in [7, 11) is 0. The Kier molecular flexibility index (Phi) is 8.15. The Morgan fingerprint density at radius 1 is 1.31 bits per heavy atom. The van der Waals surface area contributed by atoms with E-state index in [1.165, 1.54) is 18.4 Å². The first kappa shape index (κ1) is 21.0. The molecule has 1 amide bonds. The largest absolute Gasteiger partial charge is 0.370 e. The van der Waals surface area contributed by atoms with E-state index in [4.69, 9.17) is 5.73 Å². The number of likely N-dealkylation sites (tertiary alicyclic amines) is 1. The van der Waals surface area contributed by atoms with Gasteiger partial charge >= 0.3 is 0 Å². The first-order chi connectivity index (χ1) is 12.2. The molecule has 3 N–H and O–H groups in total. The van der Waals surface area contributed by atoms with Gasteiger partial charge in [-0.05, 0) is 50.4 Å². The van der Waals surface area contributed by atoms with Gasteiger partial charge in [-0.1, -0.05) is 25.1 Å². The molecule has 1 aromatic carbocycles. The number of nitrogens with one attached hydrogen (secondary N) is 1. The predicted molar refractivity (Wildman–Crippen MR) is 117 cm³/mol. The lowest BCUT2D eigenvalue weighted by Crippen LogP contribution is -2.43. The number of hydrogen-bond donors (Lipinski definition) is 2. The van der Waals surface area contributed by atoms with E-state index in [1.807, 2.05) is 23.1 Å². The van der Waals surface area contributed by atoms with Crippen molar-refractivity contribution in [3.63, 3.8) is 0 Å². The molecule has 1 aromatic rings. The third-order valence-electron chi connectivity index (χ3n) is 5.22. The molecule has 1 fully saturated rings. The number of anilines is 1. The maximum Gasteiger partial charge on any atom is 0.248 e. The van der Waals surface area contributed by atoms with Crippen LogP contribution in [-0.4, -0.2) is 55.5 Å². The SMILES string of the molecule is CCN1CCCC1CNC(N)=NCC(=O)N1CCCc2ccccc21.I. The number of carbonyl (C=O) groups excluding carboxylic acids is 1. The molecule has 0 bridgehead atoms. The second-order valence-corrected chi connectivity index (χ2v) is 6.78. The summed E-state index contributed by atoms with van der Waals surface area (Å²) in [4.78, 5) is 21.1. The standard InChI is InChI=1S/C19H29N5O.HI/c1-2-23-11-6-9-16(23)13-21-19(20)22-14-18(25)24-12-5-8-15-7-3-4-10-17(15)24;/h3-4,7,10,16H,2,5-6,8-9,11-14H2,1H3,(H3,20,21,22);1H. The van der Waals surface area contributed by atoms with Crippen molar-refractivity contribution in [2.24, 2.45) is 10.7 Å². The van der Waals surface area contributed by atoms with Crippen molar-refractivity contribution in [3.05, 3.63) is 29.8 Å². The molecule has 1 atom stereocenters. The summed E-state index contributed by atoms with van der Waals surface area (Å²) >= 11 is 0. The molecule has 0 aromatic heterocycles. The monoisotopic (exact) mass is 471 g/mol. The number of aryl methyl sites for hydroxylation is 1. The summed E-state index contributed by atoms with van der Waals surface area (Å²) in [5.74, 6) is 0.370. The van der Waals surface area contributed by atoms with Crippen LogP contribution in [0, 0.1) is 0 Å². The van der Waals surface area contributed by atoms with Crippen LogP contribution >= 0.6 is 24.0 Å². The maximum absolute atomic E-state index is 12.6. The van der Waals surface area contributed by atoms with Crippen molar-refractivity contribution in [2.75, 3.05) is 37.6 Å². The predicted octanol–water partition coefficient (Wildman–Crippen LogP) is 1.97. The Labute approximate surface area is 173 Å². The van der Waals surface area contributed by atoms with Gasteiger partial charge in [0.1, 0.15) is 6.54 Å². The molecular formula is C19H30IN5O. The fourth-order valence-electron chi connectivity index (χ4n) is 3.85. The van der Waals surface area contributed by atoms with E-state index >= 15 is 0 Å². The zero-order chi connectivity index (χ0) is 17.6. The lowest BCUT2D eigenvalue weighted by molar-refractivity contribution is -0.117. The molecule has 2 aliphatic rings. The van der Waals surface area contributed by atoms with E-state index in [0.29, 0.717) is 12.0 Å². The number of aliphatic imine (C=N–C) groups is 1. The van der Waals surface area contributed by atoms with Crippen molar-refractivity contribution in [3.8, 4) is 0 Å². The Bertz CT molecular complexity index is 636. The average molecular weight is 471 g/mol. The Hall–Kier alpha value is -1.35. The van der Waals surface area contributed by atoms with E-state index < -0.39 is 0 Å². The smallest absolute Gasteiger partial charge is 0.248 e. The fourth-order valence-corrected chi connectivity index (χ4v) is 3.85. The minimum Gasteiger partial charge on any atom is -0.370 e. The summed E-state index contributed by atoms with van der Waals surface area (Å²) in [5.41, 5.74) is 8.21. The summed E-state index contributed by atoms with van der Waals surface area (Å²) in [6.07, 6.45) is 4.46. The number of nitrogens with two attached hydrogens (primary N) is 1. The molecule has 2 aliphatic heterocycles. The summed E-state index contributed by atoms with van der Waals surface area (Å²) < 4.78 is 0. The van der Waals surface area contributed by atoms with Gasteiger partial charge in [0.2, 0.25) is 5.91 Å². The van der Waals surface area contributed by atoms with E-state index in [9.17, 15) is 4.79 Å². The van der Waals surface area contributed by atoms with Crippen molar-refractivity contribution in [2.45, 2.75) is 38.6 Å². The molecule has 2 heterocycles. The highest BCUT2D eigenvalue weighted by atomic mass is 127. The summed E-state index contributed by atoms with van der Waals surface area (Å²) in [6.45, 7) is 6.05. The number of hydrogen-bond acceptors (Lipinski definition) is 3. The Morgan fingerprint density at radius 3 is 2.92 bits per heavy atom. The normalized spacial score (nSPS) is 20.4. The van der Waals surface area contributed by atoms with Gasteiger partial charge in [0.15, 0.2) is 5.96 Å². The number of likely N-dealkylation sites (N-methyl/N-ethyl adjacent to an activating group) is 1. The van der Waals surface area contributed by atoms with Gasteiger partial charge in [-0.2, -0.15) is 0 Å². The van der Waals surface area contributed by atoms with Crippen LogP contribution < -0.4 is 16.0 Å². The number of guanidine groups is 1. The molecule has 0 radical (unpaired) electrons. The van der Waals surface area contributed by atoms with Crippen LogP contribution in [0.5, 0.6) is 0 Å². The van der Waals surface area contributed by atoms with Gasteiger partial charge < -0.3 is 16.0 Å². The number of nitrogens with zero attached hydrogens (tertiary/aromatic N) is 3. The van der Waals surface area contributed by atoms with Crippen molar-refractivity contribution in [1.82, 2.24) is 10.2 Å². The molecule has 3 rings (SSSR count). The highest BCUT2D eigenvalue weighted by molar-refractivity contribution is 14.0. The topological polar surface area (TPSA) is 74.0 Å². The van der Waals surface area contributed by atoms with Gasteiger partial charge in [-0.25, -0.2) is 4.99 Å². The van der Waals surface area contributed by atoms with Crippen LogP contribution in [0.4, 0.5) is 5.69 Å². The van der Waals surface area contributed by atoms with Crippen molar-refractivity contribution >= 4 is 41.5 Å². The fraction of sp³-hybridized carbons (Fsp3) is 0.579. The van der Waals surface area contributed by atoms with Crippen LogP contribution in [0.3, 0.4) is 0 Å². The number of amides is 1. The van der Waals surface area contributed by atoms with Gasteiger partial charge in [0.05, 0.1) is 0 Å². The third-order valence-corrected chi connectivity index (χ3v) is 5.22. The number of carbonyl (C=O) groups is 1. The van der Waals surface area contributed by atoms with E-state index in [0.717, 1.165) is 44.7 Å². The minimum absolute atomic E-state index is 0. The number of rotatable bonds is 5. The molecule has 144 valence electrons. The molecule has 7 heteroatoms. The maximum atomic E-state index is 12.6. The first-order valence-corrected chi connectivity index (χ1v) is 9.35. The molecule has 6 nitrogen and oxygen atoms in total. The van der Waals surface area contributed by atoms with Gasteiger partial charge in [-0.3, -0.25) is 9.69 Å². The van der Waals surface area contributed by atoms with Gasteiger partial charge in [-0.15, -0.1) is 24.0 Å². The molecule has 0 saturated carbocycles. The molecule has 1 saturated heterocycles. The zero-order valence-electron chi connectivity index (χ0n) is 15.5. The third kappa shape index (κ3) is 5.09. The van der Waals surface area contributed by atoms with E-state index in [2.05, 4.69) is 28.2 Å². The molecule has 0 aliphatic carbocycles. The Morgan fingerprint density at radius 2 is 2.12 bits per heavy atom. The lowest BCUT2D eigenvalue weighted by atomic mass is 10.0. The van der Waals surface area contributed by atoms with Crippen LogP contribution in [0.1, 0.15) is 31.7 Å². The highest BCUT2D eigenvalue weighted by Crippen LogP contribution is 2.26. The lowest BCUT2D eigenvalue weighted by Gasteiger charge is -2.29. The second-order valence-electron chi connectivity index (χ2n) is 6.78. The first-order valence-electron chi connectivity index (χ1n) is 9.35. The molecule has 1 unspecified atom stereocenters. The van der Waals surface area contributed by atoms with Gasteiger partial charge in [0.25, 0.3) is 0 Å². The average Bonchev–Trinajstić information content (AvgIpc) is 3.11. The van der Waals surface area contributed by atoms with Crippen LogP contribution in [0.25, 0.3) is 0 Å². The van der Waals surface area contributed by atoms with Gasteiger partial charge in [0, 0.05) is 24.8 Å². The van der Waals surface area contributed by atoms with E-state index in [1.54, 1.807) is 0 Å². The highest BCUT2D eigenvalue weighted by Gasteiger charge is 2.23. The van der Waals surface area contributed by atoms with Crippen molar-refractivity contribution < 1.29 is 4.79 Å². The number of halogens is 1. The second kappa shape index (κ2) is 10.1. The Balaban J connectivity index is 0.00000243. The number of benzene rings is 1. The van der Waals surface area contributed by atoms with Crippen LogP contribution in [-0.2, 0) is 11.2 Å². The molecule has 0 spiro atoms. The minimum atomic E-state index is 0. The molecule has 26 heavy (non-hydrogen) atoms. The van der Waals surface area contributed by atoms with Crippen LogP contribution in [0.15, 0.2) is 29.3 Å². The van der Waals surface area contributed by atoms with E-state index in [-0.39, 0.29) is 36.4 Å². The molecular weight excluding hydrogens is 441 g/mol. The zero-order valence-corrected chi connectivity index (χ0v) is 17.8. The number of para-hydroxylation sites is 1.